The molecule has 1 aromatic heterocycles. The first-order chi connectivity index (χ1) is 12.5. The van der Waals surface area contributed by atoms with Crippen LogP contribution in [0.25, 0.3) is 22.4 Å². The Balaban J connectivity index is 1.85. The minimum absolute atomic E-state index is 0.241. The van der Waals surface area contributed by atoms with Gasteiger partial charge in [0.2, 0.25) is 0 Å². The Morgan fingerprint density at radius 3 is 2.31 bits per heavy atom. The average Bonchev–Trinajstić information content (AvgIpc) is 3.29. The molecule has 4 rings (SSSR count). The molecule has 0 bridgehead atoms. The van der Waals surface area contributed by atoms with E-state index in [9.17, 15) is 0 Å². The van der Waals surface area contributed by atoms with Crippen LogP contribution < -0.4 is 0 Å². The van der Waals surface area contributed by atoms with E-state index in [2.05, 4.69) is 57.2 Å². The van der Waals surface area contributed by atoms with Gasteiger partial charge in [0, 0.05) is 11.8 Å². The molecule has 2 atom stereocenters. The molecule has 2 heteroatoms. The third-order valence-corrected chi connectivity index (χ3v) is 5.83. The fraction of sp³-hybridized carbons (Fsp3) is 0.250. The molecule has 2 unspecified atom stereocenters. The fourth-order valence-corrected chi connectivity index (χ4v) is 3.75. The Labute approximate surface area is 155 Å². The highest BCUT2D eigenvalue weighted by Gasteiger charge is 2.49. The van der Waals surface area contributed by atoms with E-state index in [0.717, 1.165) is 16.8 Å². The third kappa shape index (κ3) is 2.80. The molecule has 2 aromatic carbocycles. The molecule has 0 amide bonds. The van der Waals surface area contributed by atoms with Gasteiger partial charge in [-0.1, -0.05) is 44.2 Å². The summed E-state index contributed by atoms with van der Waals surface area (Å²) in [6.07, 6.45) is 3.16. The number of pyridine rings is 1. The van der Waals surface area contributed by atoms with Crippen molar-refractivity contribution in [2.75, 3.05) is 0 Å². The van der Waals surface area contributed by atoms with Crippen molar-refractivity contribution in [3.8, 4) is 28.5 Å². The van der Waals surface area contributed by atoms with Gasteiger partial charge < -0.3 is 0 Å². The fourth-order valence-electron chi connectivity index (χ4n) is 3.75. The predicted octanol–water partition coefficient (Wildman–Crippen LogP) is 5.89. The van der Waals surface area contributed by atoms with Crippen molar-refractivity contribution in [1.82, 2.24) is 4.98 Å². The summed E-state index contributed by atoms with van der Waals surface area (Å²) in [5.41, 5.74) is 8.02. The normalized spacial score (nSPS) is 21.2. The molecule has 3 aromatic rings. The second kappa shape index (κ2) is 6.11. The van der Waals surface area contributed by atoms with Gasteiger partial charge in [-0.15, -0.1) is 0 Å². The Kier molecular flexibility index (Phi) is 3.89. The van der Waals surface area contributed by atoms with Crippen LogP contribution in [0.5, 0.6) is 0 Å². The number of benzene rings is 2. The van der Waals surface area contributed by atoms with E-state index in [4.69, 9.17) is 10.2 Å². The van der Waals surface area contributed by atoms with E-state index >= 15 is 0 Å². The van der Waals surface area contributed by atoms with Gasteiger partial charge in [-0.3, -0.25) is 4.98 Å². The first-order valence-electron chi connectivity index (χ1n) is 9.09. The monoisotopic (exact) mass is 338 g/mol. The Hall–Kier alpha value is -2.92. The maximum absolute atomic E-state index is 9.01. The summed E-state index contributed by atoms with van der Waals surface area (Å²) < 4.78 is 0. The van der Waals surface area contributed by atoms with E-state index in [1.54, 1.807) is 0 Å². The zero-order valence-corrected chi connectivity index (χ0v) is 15.5. The smallest absolute Gasteiger partial charge is 0.0991 e. The van der Waals surface area contributed by atoms with E-state index in [-0.39, 0.29) is 5.41 Å². The molecular weight excluding hydrogens is 316 g/mol. The maximum atomic E-state index is 9.01. The zero-order valence-electron chi connectivity index (χ0n) is 15.5. The summed E-state index contributed by atoms with van der Waals surface area (Å²) in [4.78, 5) is 4.69. The van der Waals surface area contributed by atoms with Crippen LogP contribution in [0.15, 0.2) is 60.8 Å². The van der Waals surface area contributed by atoms with Gasteiger partial charge in [-0.25, -0.2) is 0 Å². The van der Waals surface area contributed by atoms with E-state index < -0.39 is 0 Å². The van der Waals surface area contributed by atoms with Crippen LogP contribution in [-0.4, -0.2) is 4.98 Å². The molecule has 26 heavy (non-hydrogen) atoms. The summed E-state index contributed by atoms with van der Waals surface area (Å²) >= 11 is 0. The minimum atomic E-state index is 0.241. The van der Waals surface area contributed by atoms with Crippen LogP contribution in [0.4, 0.5) is 0 Å². The lowest BCUT2D eigenvalue weighted by Crippen LogP contribution is -2.06. The molecule has 128 valence electrons. The molecule has 0 radical (unpaired) electrons. The lowest BCUT2D eigenvalue weighted by Gasteiger charge is -2.18. The molecule has 1 aliphatic rings. The largest absolute Gasteiger partial charge is 0.256 e. The molecule has 1 aliphatic carbocycles. The van der Waals surface area contributed by atoms with Crippen molar-refractivity contribution in [3.63, 3.8) is 0 Å². The Bertz CT molecular complexity index is 994. The number of hydrogen-bond donors (Lipinski definition) is 0. The standard InChI is InChI=1S/C24H22N2/c1-16-4-11-23(26-15-16)21-12-20(19-7-5-18(14-25)6-8-19)9-10-22(21)24(3)13-17(24)2/h4-12,15,17H,13H2,1-3H3. The van der Waals surface area contributed by atoms with E-state index in [0.29, 0.717) is 11.5 Å². The van der Waals surface area contributed by atoms with Crippen molar-refractivity contribution < 1.29 is 0 Å². The predicted molar refractivity (Wildman–Crippen MR) is 106 cm³/mol. The van der Waals surface area contributed by atoms with E-state index in [1.165, 1.54) is 23.1 Å². The van der Waals surface area contributed by atoms with Gasteiger partial charge >= 0.3 is 0 Å². The molecule has 0 aliphatic heterocycles. The quantitative estimate of drug-likeness (QED) is 0.597. The first-order valence-corrected chi connectivity index (χ1v) is 9.09. The van der Waals surface area contributed by atoms with Crippen LogP contribution in [0.3, 0.4) is 0 Å². The van der Waals surface area contributed by atoms with Gasteiger partial charge in [0.25, 0.3) is 0 Å². The Morgan fingerprint density at radius 1 is 1.04 bits per heavy atom. The second-order valence-electron chi connectivity index (χ2n) is 7.69. The Morgan fingerprint density at radius 2 is 1.73 bits per heavy atom. The molecule has 1 saturated carbocycles. The van der Waals surface area contributed by atoms with Gasteiger partial charge in [-0.05, 0) is 71.2 Å². The summed E-state index contributed by atoms with van der Waals surface area (Å²) in [5.74, 6) is 0.701. The number of aromatic nitrogens is 1. The summed E-state index contributed by atoms with van der Waals surface area (Å²) in [7, 11) is 0. The molecular formula is C24H22N2. The summed E-state index contributed by atoms with van der Waals surface area (Å²) in [5, 5.41) is 9.01. The highest BCUT2D eigenvalue weighted by molar-refractivity contribution is 5.75. The van der Waals surface area contributed by atoms with Crippen molar-refractivity contribution >= 4 is 0 Å². The first kappa shape index (κ1) is 16.5. The van der Waals surface area contributed by atoms with Crippen LogP contribution >= 0.6 is 0 Å². The SMILES string of the molecule is Cc1ccc(-c2cc(-c3ccc(C#N)cc3)ccc2C2(C)CC2C)nc1. The van der Waals surface area contributed by atoms with Gasteiger partial charge in [0.15, 0.2) is 0 Å². The van der Waals surface area contributed by atoms with Crippen LogP contribution in [-0.2, 0) is 5.41 Å². The summed E-state index contributed by atoms with van der Waals surface area (Å²) in [6, 6.07) is 20.9. The summed E-state index contributed by atoms with van der Waals surface area (Å²) in [6.45, 7) is 6.74. The molecule has 1 fully saturated rings. The molecule has 0 spiro atoms. The maximum Gasteiger partial charge on any atom is 0.0991 e. The number of aryl methyl sites for hydroxylation is 1. The van der Waals surface area contributed by atoms with Gasteiger partial charge in [-0.2, -0.15) is 5.26 Å². The van der Waals surface area contributed by atoms with Crippen LogP contribution in [0.2, 0.25) is 0 Å². The van der Waals surface area contributed by atoms with Crippen molar-refractivity contribution in [3.05, 3.63) is 77.5 Å². The number of nitriles is 1. The lowest BCUT2D eigenvalue weighted by atomic mass is 9.87. The van der Waals surface area contributed by atoms with E-state index in [1.807, 2.05) is 30.5 Å². The second-order valence-corrected chi connectivity index (χ2v) is 7.69. The van der Waals surface area contributed by atoms with Crippen molar-refractivity contribution in [1.29, 1.82) is 5.26 Å². The minimum Gasteiger partial charge on any atom is -0.256 e. The van der Waals surface area contributed by atoms with Crippen molar-refractivity contribution in [2.45, 2.75) is 32.6 Å². The van der Waals surface area contributed by atoms with Gasteiger partial charge in [0.1, 0.15) is 0 Å². The van der Waals surface area contributed by atoms with Crippen molar-refractivity contribution in [2.24, 2.45) is 5.92 Å². The molecule has 0 saturated heterocycles. The highest BCUT2D eigenvalue weighted by atomic mass is 14.7. The van der Waals surface area contributed by atoms with Crippen LogP contribution in [0.1, 0.15) is 37.0 Å². The third-order valence-electron chi connectivity index (χ3n) is 5.83. The van der Waals surface area contributed by atoms with Gasteiger partial charge in [0.05, 0.1) is 17.3 Å². The molecule has 1 heterocycles. The molecule has 0 N–H and O–H groups in total. The number of rotatable bonds is 3. The molecule has 2 nitrogen and oxygen atoms in total. The van der Waals surface area contributed by atoms with Crippen LogP contribution in [0, 0.1) is 24.2 Å². The number of hydrogen-bond acceptors (Lipinski definition) is 2. The lowest BCUT2D eigenvalue weighted by molar-refractivity contribution is 0.703. The average molecular weight is 338 g/mol. The number of nitrogens with zero attached hydrogens (tertiary/aromatic N) is 2. The zero-order chi connectivity index (χ0) is 18.3. The highest BCUT2D eigenvalue weighted by Crippen LogP contribution is 2.56. The topological polar surface area (TPSA) is 36.7 Å².